The van der Waals surface area contributed by atoms with E-state index in [1.165, 1.54) is 37.0 Å². The van der Waals surface area contributed by atoms with Crippen molar-refractivity contribution in [3.8, 4) is 0 Å². The van der Waals surface area contributed by atoms with E-state index in [-0.39, 0.29) is 42.5 Å². The highest BCUT2D eigenvalue weighted by Crippen LogP contribution is 2.47. The molecule has 8 atom stereocenters. The zero-order valence-corrected chi connectivity index (χ0v) is 24.6. The lowest BCUT2D eigenvalue weighted by Crippen LogP contribution is -2.46. The lowest BCUT2D eigenvalue weighted by molar-refractivity contribution is -0.221. The van der Waals surface area contributed by atoms with Crippen molar-refractivity contribution >= 4 is 11.9 Å². The van der Waals surface area contributed by atoms with Crippen LogP contribution in [0.25, 0.3) is 0 Å². The molecule has 0 radical (unpaired) electrons. The number of carbonyl (C=O) groups excluding carboxylic acids is 1. The third-order valence-corrected chi connectivity index (χ3v) is 10.7. The highest BCUT2D eigenvalue weighted by molar-refractivity contribution is 5.78. The lowest BCUT2D eigenvalue weighted by Gasteiger charge is -2.42. The molecule has 6 nitrogen and oxygen atoms in total. The Balaban J connectivity index is 1.32. The maximum Gasteiger partial charge on any atom is 0.394 e. The summed E-state index contributed by atoms with van der Waals surface area (Å²) in [6.45, 7) is 9.55. The maximum absolute atomic E-state index is 13.6. The number of alkyl halides is 3. The highest BCUT2D eigenvalue weighted by atomic mass is 19.4. The number of carboxylic acid groups (broad SMARTS) is 1. The number of hydrogen-bond donors (Lipinski definition) is 2. The Morgan fingerprint density at radius 3 is 2.45 bits per heavy atom. The Bertz CT molecular complexity index is 936. The Morgan fingerprint density at radius 1 is 1.02 bits per heavy atom. The number of fused-ring (bicyclic) bond motifs is 1. The van der Waals surface area contributed by atoms with Crippen LogP contribution in [0.5, 0.6) is 0 Å². The van der Waals surface area contributed by atoms with Crippen LogP contribution in [-0.2, 0) is 14.3 Å². The van der Waals surface area contributed by atoms with Crippen molar-refractivity contribution in [1.29, 1.82) is 0 Å². The van der Waals surface area contributed by atoms with Crippen LogP contribution >= 0.6 is 0 Å². The van der Waals surface area contributed by atoms with E-state index >= 15 is 0 Å². The minimum atomic E-state index is -4.40. The van der Waals surface area contributed by atoms with E-state index in [2.05, 4.69) is 37.9 Å². The Labute approximate surface area is 237 Å². The van der Waals surface area contributed by atoms with E-state index in [0.29, 0.717) is 24.8 Å². The number of nitrogens with one attached hydrogen (secondary N) is 1. The number of carboxylic acids is 1. The third-order valence-electron chi connectivity index (χ3n) is 10.7. The van der Waals surface area contributed by atoms with E-state index in [9.17, 15) is 22.8 Å². The number of halogens is 3. The molecule has 0 bridgehead atoms. The van der Waals surface area contributed by atoms with E-state index < -0.39 is 30.8 Å². The van der Waals surface area contributed by atoms with Gasteiger partial charge in [-0.25, -0.2) is 4.79 Å². The van der Waals surface area contributed by atoms with Gasteiger partial charge in [0.15, 0.2) is 0 Å². The number of hydrogen-bond acceptors (Lipinski definition) is 4. The van der Waals surface area contributed by atoms with E-state index in [4.69, 9.17) is 9.84 Å². The molecule has 4 aliphatic rings. The van der Waals surface area contributed by atoms with E-state index in [1.807, 2.05) is 0 Å². The summed E-state index contributed by atoms with van der Waals surface area (Å²) in [6, 6.07) is 0.271. The summed E-state index contributed by atoms with van der Waals surface area (Å²) in [5.41, 5.74) is 2.47. The molecule has 2 N–H and O–H groups in total. The minimum absolute atomic E-state index is 0.00413. The summed E-state index contributed by atoms with van der Waals surface area (Å²) in [6.07, 6.45) is 2.59. The van der Waals surface area contributed by atoms with Crippen LogP contribution in [0.4, 0.5) is 13.2 Å². The number of allylic oxidation sites excluding steroid dienone is 1. The Hall–Kier alpha value is -1.77. The van der Waals surface area contributed by atoms with Crippen LogP contribution in [0.1, 0.15) is 91.9 Å². The standard InChI is InChI=1S/C31H49F3N2O4/c1-18(2)23-7-5-6-21(12-23)15-35-30(39)24-9-11-27-25(14-24)19(3)20(4)36(27)16-22-8-10-26(31(32,33)34)28(13-22)40-17-29(37)38/h18,21-28H,5-17H2,1-4H3,(H,35,39)(H,37,38). The molecule has 0 aromatic heterocycles. The molecule has 1 amide bonds. The van der Waals surface area contributed by atoms with Gasteiger partial charge in [-0.3, -0.25) is 4.79 Å². The number of nitrogens with zero attached hydrogens (tertiary/aromatic N) is 1. The summed E-state index contributed by atoms with van der Waals surface area (Å²) in [5.74, 6) is -0.370. The van der Waals surface area contributed by atoms with Crippen molar-refractivity contribution in [3.05, 3.63) is 11.3 Å². The molecule has 0 saturated heterocycles. The Morgan fingerprint density at radius 2 is 1.77 bits per heavy atom. The second kappa shape index (κ2) is 13.0. The first-order valence-electron chi connectivity index (χ1n) is 15.5. The van der Waals surface area contributed by atoms with Gasteiger partial charge in [0, 0.05) is 36.7 Å². The number of ether oxygens (including phenoxy) is 1. The molecule has 1 heterocycles. The van der Waals surface area contributed by atoms with Crippen molar-refractivity contribution in [2.24, 2.45) is 41.4 Å². The molecule has 3 aliphatic carbocycles. The predicted octanol–water partition coefficient (Wildman–Crippen LogP) is 6.41. The van der Waals surface area contributed by atoms with Crippen LogP contribution in [0.15, 0.2) is 11.3 Å². The summed E-state index contributed by atoms with van der Waals surface area (Å²) in [7, 11) is 0. The molecule has 3 fully saturated rings. The average molecular weight is 571 g/mol. The first kappa shape index (κ1) is 31.2. The van der Waals surface area contributed by atoms with Crippen molar-refractivity contribution in [2.75, 3.05) is 19.7 Å². The second-order valence-electron chi connectivity index (χ2n) is 13.5. The van der Waals surface area contributed by atoms with E-state index in [1.54, 1.807) is 0 Å². The van der Waals surface area contributed by atoms with Gasteiger partial charge < -0.3 is 20.1 Å². The predicted molar refractivity (Wildman–Crippen MR) is 147 cm³/mol. The quantitative estimate of drug-likeness (QED) is 0.335. The fourth-order valence-corrected chi connectivity index (χ4v) is 8.15. The normalized spacial score (nSPS) is 35.1. The molecule has 0 spiro atoms. The number of rotatable bonds is 9. The van der Waals surface area contributed by atoms with Gasteiger partial charge in [0.25, 0.3) is 0 Å². The molecule has 8 unspecified atom stereocenters. The van der Waals surface area contributed by atoms with E-state index in [0.717, 1.165) is 31.7 Å². The monoisotopic (exact) mass is 570 g/mol. The van der Waals surface area contributed by atoms with Gasteiger partial charge >= 0.3 is 12.1 Å². The van der Waals surface area contributed by atoms with Gasteiger partial charge in [0.05, 0.1) is 12.0 Å². The zero-order chi connectivity index (χ0) is 29.2. The van der Waals surface area contributed by atoms with Crippen molar-refractivity contribution in [2.45, 2.75) is 110 Å². The number of amides is 1. The Kier molecular flexibility index (Phi) is 10.2. The van der Waals surface area contributed by atoms with Crippen molar-refractivity contribution < 1.29 is 32.6 Å². The fraction of sp³-hybridized carbons (Fsp3) is 0.871. The molecule has 4 rings (SSSR count). The largest absolute Gasteiger partial charge is 0.480 e. The van der Waals surface area contributed by atoms with Crippen molar-refractivity contribution in [1.82, 2.24) is 10.2 Å². The molecule has 228 valence electrons. The highest BCUT2D eigenvalue weighted by Gasteiger charge is 2.49. The van der Waals surface area contributed by atoms with Crippen LogP contribution in [-0.4, -0.2) is 59.9 Å². The van der Waals surface area contributed by atoms with Crippen LogP contribution in [0.2, 0.25) is 0 Å². The first-order valence-corrected chi connectivity index (χ1v) is 15.5. The molecule has 1 aliphatic heterocycles. The van der Waals surface area contributed by atoms with Gasteiger partial charge in [0.2, 0.25) is 5.91 Å². The molecule has 9 heteroatoms. The van der Waals surface area contributed by atoms with Gasteiger partial charge in [-0.05, 0) is 94.5 Å². The maximum atomic E-state index is 13.6. The van der Waals surface area contributed by atoms with Gasteiger partial charge in [-0.15, -0.1) is 0 Å². The SMILES string of the molecule is CC1=C(C)N(CC2CCC(C(F)(F)F)C(OCC(=O)O)C2)C2CCC(C(=O)NCC3CCCC(C(C)C)C3)CC12. The molecule has 0 aromatic carbocycles. The number of aliphatic carboxylic acids is 1. The molecule has 0 aromatic rings. The van der Waals surface area contributed by atoms with Crippen LogP contribution in [0, 0.1) is 41.4 Å². The molecule has 3 saturated carbocycles. The van der Waals surface area contributed by atoms with Crippen molar-refractivity contribution in [3.63, 3.8) is 0 Å². The fourth-order valence-electron chi connectivity index (χ4n) is 8.15. The van der Waals surface area contributed by atoms with Gasteiger partial charge in [-0.1, -0.05) is 26.7 Å². The number of carbonyl (C=O) groups is 2. The lowest BCUT2D eigenvalue weighted by atomic mass is 9.75. The average Bonchev–Trinajstić information content (AvgIpc) is 3.14. The topological polar surface area (TPSA) is 78.9 Å². The smallest absolute Gasteiger partial charge is 0.394 e. The summed E-state index contributed by atoms with van der Waals surface area (Å²) in [5, 5.41) is 12.3. The summed E-state index contributed by atoms with van der Waals surface area (Å²) in [4.78, 5) is 26.5. The van der Waals surface area contributed by atoms with Gasteiger partial charge in [0.1, 0.15) is 6.61 Å². The van der Waals surface area contributed by atoms with Gasteiger partial charge in [-0.2, -0.15) is 13.2 Å². The van der Waals surface area contributed by atoms with Crippen LogP contribution in [0.3, 0.4) is 0 Å². The third kappa shape index (κ3) is 7.35. The first-order chi connectivity index (χ1) is 18.8. The molecular weight excluding hydrogens is 521 g/mol. The minimum Gasteiger partial charge on any atom is -0.480 e. The summed E-state index contributed by atoms with van der Waals surface area (Å²) < 4.78 is 46.1. The van der Waals surface area contributed by atoms with Crippen LogP contribution < -0.4 is 5.32 Å². The molecular formula is C31H49F3N2O4. The summed E-state index contributed by atoms with van der Waals surface area (Å²) >= 11 is 0. The second-order valence-corrected chi connectivity index (χ2v) is 13.5. The molecule has 40 heavy (non-hydrogen) atoms. The zero-order valence-electron chi connectivity index (χ0n) is 24.6.